The molecule has 0 bridgehead atoms. The summed E-state index contributed by atoms with van der Waals surface area (Å²) in [6, 6.07) is 0. The Morgan fingerprint density at radius 1 is 1.71 bits per heavy atom. The summed E-state index contributed by atoms with van der Waals surface area (Å²) in [4.78, 5) is 12.2. The third-order valence-corrected chi connectivity index (χ3v) is 2.18. The Morgan fingerprint density at radius 2 is 2.36 bits per heavy atom. The predicted octanol–water partition coefficient (Wildman–Crippen LogP) is 0.245. The van der Waals surface area contributed by atoms with Gasteiger partial charge in [-0.05, 0) is 14.0 Å². The molecule has 0 spiro atoms. The van der Waals surface area contributed by atoms with E-state index < -0.39 is 5.97 Å². The van der Waals surface area contributed by atoms with Gasteiger partial charge in [0, 0.05) is 24.8 Å². The minimum atomic E-state index is -0.811. The van der Waals surface area contributed by atoms with Crippen LogP contribution in [0, 0.1) is 6.92 Å². The first-order valence-corrected chi connectivity index (χ1v) is 4.38. The normalized spacial score (nSPS) is 10.9. The lowest BCUT2D eigenvalue weighted by Crippen LogP contribution is -2.25. The van der Waals surface area contributed by atoms with Gasteiger partial charge in [0.15, 0.2) is 0 Å². The molecule has 5 heteroatoms. The van der Waals surface area contributed by atoms with Gasteiger partial charge in [-0.3, -0.25) is 14.4 Å². The van der Waals surface area contributed by atoms with Crippen LogP contribution in [-0.2, 0) is 18.4 Å². The minimum absolute atomic E-state index is 0.0499. The van der Waals surface area contributed by atoms with E-state index in [9.17, 15) is 4.79 Å². The van der Waals surface area contributed by atoms with Gasteiger partial charge in [-0.1, -0.05) is 0 Å². The zero-order chi connectivity index (χ0) is 10.7. The molecule has 0 fully saturated rings. The van der Waals surface area contributed by atoms with Gasteiger partial charge in [0.05, 0.1) is 12.7 Å². The molecule has 0 radical (unpaired) electrons. The Kier molecular flexibility index (Phi) is 3.24. The molecule has 1 heterocycles. The van der Waals surface area contributed by atoms with Crippen molar-refractivity contribution in [1.82, 2.24) is 14.7 Å². The van der Waals surface area contributed by atoms with Gasteiger partial charge in [0.25, 0.3) is 0 Å². The first-order chi connectivity index (χ1) is 6.50. The van der Waals surface area contributed by atoms with Crippen LogP contribution >= 0.6 is 0 Å². The molecular weight excluding hydrogens is 182 g/mol. The highest BCUT2D eigenvalue weighted by Gasteiger charge is 2.08. The molecular formula is C9H15N3O2. The van der Waals surface area contributed by atoms with E-state index in [2.05, 4.69) is 5.10 Å². The van der Waals surface area contributed by atoms with E-state index in [1.807, 2.05) is 14.0 Å². The number of aryl methyl sites for hydroxylation is 1. The van der Waals surface area contributed by atoms with Crippen molar-refractivity contribution in [3.05, 3.63) is 17.5 Å². The number of carbonyl (C=O) groups is 1. The predicted molar refractivity (Wildman–Crippen MR) is 51.9 cm³/mol. The second-order valence-corrected chi connectivity index (χ2v) is 3.44. The summed E-state index contributed by atoms with van der Waals surface area (Å²) in [5, 5.41) is 12.7. The van der Waals surface area contributed by atoms with Gasteiger partial charge in [-0.25, -0.2) is 0 Å². The van der Waals surface area contributed by atoms with Crippen LogP contribution in [0.5, 0.6) is 0 Å². The molecule has 0 saturated carbocycles. The van der Waals surface area contributed by atoms with Crippen LogP contribution in [0.1, 0.15) is 11.3 Å². The van der Waals surface area contributed by atoms with E-state index in [-0.39, 0.29) is 6.54 Å². The van der Waals surface area contributed by atoms with Crippen molar-refractivity contribution in [2.45, 2.75) is 13.5 Å². The van der Waals surface area contributed by atoms with Crippen LogP contribution in [0.4, 0.5) is 0 Å². The van der Waals surface area contributed by atoms with Gasteiger partial charge in [-0.15, -0.1) is 0 Å². The average molecular weight is 197 g/mol. The standard InChI is InChI=1S/C9H15N3O2/c1-7-8(4-10-12(7)3)5-11(2)6-9(13)14/h4H,5-6H2,1-3H3,(H,13,14). The van der Waals surface area contributed by atoms with Crippen molar-refractivity contribution in [3.8, 4) is 0 Å². The van der Waals surface area contributed by atoms with Gasteiger partial charge in [0.1, 0.15) is 0 Å². The molecule has 0 atom stereocenters. The molecule has 1 rings (SSSR count). The van der Waals surface area contributed by atoms with Crippen LogP contribution in [0.2, 0.25) is 0 Å². The van der Waals surface area contributed by atoms with E-state index in [1.54, 1.807) is 22.8 Å². The van der Waals surface area contributed by atoms with Crippen LogP contribution in [0.25, 0.3) is 0 Å². The fraction of sp³-hybridized carbons (Fsp3) is 0.556. The maximum absolute atomic E-state index is 10.4. The Hall–Kier alpha value is -1.36. The smallest absolute Gasteiger partial charge is 0.317 e. The first-order valence-electron chi connectivity index (χ1n) is 4.38. The summed E-state index contributed by atoms with van der Waals surface area (Å²) in [7, 11) is 3.65. The van der Waals surface area contributed by atoms with Gasteiger partial charge in [-0.2, -0.15) is 5.10 Å². The quantitative estimate of drug-likeness (QED) is 0.751. The fourth-order valence-corrected chi connectivity index (χ4v) is 1.28. The number of nitrogens with zero attached hydrogens (tertiary/aromatic N) is 3. The zero-order valence-electron chi connectivity index (χ0n) is 8.69. The molecule has 0 aliphatic rings. The summed E-state index contributed by atoms with van der Waals surface area (Å²) < 4.78 is 1.78. The molecule has 0 aliphatic heterocycles. The fourth-order valence-electron chi connectivity index (χ4n) is 1.28. The molecule has 0 aliphatic carbocycles. The number of likely N-dealkylation sites (N-methyl/N-ethyl adjacent to an activating group) is 1. The average Bonchev–Trinajstić information content (AvgIpc) is 2.34. The summed E-state index contributed by atoms with van der Waals surface area (Å²) in [5.41, 5.74) is 2.14. The summed E-state index contributed by atoms with van der Waals surface area (Å²) >= 11 is 0. The first kappa shape index (κ1) is 10.7. The molecule has 5 nitrogen and oxygen atoms in total. The van der Waals surface area contributed by atoms with Gasteiger partial charge >= 0.3 is 5.97 Å². The molecule has 0 saturated heterocycles. The second kappa shape index (κ2) is 4.23. The number of aromatic nitrogens is 2. The van der Waals surface area contributed by atoms with Gasteiger partial charge < -0.3 is 5.11 Å². The van der Waals surface area contributed by atoms with Crippen LogP contribution in [0.3, 0.4) is 0 Å². The van der Waals surface area contributed by atoms with Crippen molar-refractivity contribution in [2.24, 2.45) is 7.05 Å². The largest absolute Gasteiger partial charge is 0.480 e. The Labute approximate surface area is 82.9 Å². The van der Waals surface area contributed by atoms with Crippen molar-refractivity contribution in [1.29, 1.82) is 0 Å². The Balaban J connectivity index is 2.60. The van der Waals surface area contributed by atoms with E-state index in [0.29, 0.717) is 6.54 Å². The van der Waals surface area contributed by atoms with Crippen molar-refractivity contribution < 1.29 is 9.90 Å². The summed E-state index contributed by atoms with van der Waals surface area (Å²) in [5.74, 6) is -0.811. The monoisotopic (exact) mass is 197 g/mol. The third kappa shape index (κ3) is 2.56. The molecule has 1 aromatic rings. The maximum Gasteiger partial charge on any atom is 0.317 e. The number of aliphatic carboxylic acids is 1. The van der Waals surface area contributed by atoms with Crippen LogP contribution in [-0.4, -0.2) is 39.3 Å². The number of carboxylic acid groups (broad SMARTS) is 1. The lowest BCUT2D eigenvalue weighted by molar-refractivity contribution is -0.138. The molecule has 0 aromatic carbocycles. The van der Waals surface area contributed by atoms with Crippen molar-refractivity contribution in [2.75, 3.05) is 13.6 Å². The lowest BCUT2D eigenvalue weighted by atomic mass is 10.2. The lowest BCUT2D eigenvalue weighted by Gasteiger charge is -2.12. The second-order valence-electron chi connectivity index (χ2n) is 3.44. The number of hydrogen-bond acceptors (Lipinski definition) is 3. The summed E-state index contributed by atoms with van der Waals surface area (Å²) in [6.45, 7) is 2.64. The molecule has 1 aromatic heterocycles. The molecule has 0 unspecified atom stereocenters. The minimum Gasteiger partial charge on any atom is -0.480 e. The van der Waals surface area contributed by atoms with Crippen molar-refractivity contribution >= 4 is 5.97 Å². The Bertz CT molecular complexity index is 333. The molecule has 0 amide bonds. The van der Waals surface area contributed by atoms with Crippen LogP contribution < -0.4 is 0 Å². The molecule has 14 heavy (non-hydrogen) atoms. The molecule has 78 valence electrons. The zero-order valence-corrected chi connectivity index (χ0v) is 8.69. The number of hydrogen-bond donors (Lipinski definition) is 1. The van der Waals surface area contributed by atoms with Gasteiger partial charge in [0.2, 0.25) is 0 Å². The third-order valence-electron chi connectivity index (χ3n) is 2.18. The highest BCUT2D eigenvalue weighted by Crippen LogP contribution is 2.07. The SMILES string of the molecule is Cc1c(CN(C)CC(=O)O)cnn1C. The highest BCUT2D eigenvalue weighted by atomic mass is 16.4. The van der Waals surface area contributed by atoms with Crippen LogP contribution in [0.15, 0.2) is 6.20 Å². The van der Waals surface area contributed by atoms with E-state index >= 15 is 0 Å². The highest BCUT2D eigenvalue weighted by molar-refractivity contribution is 5.69. The summed E-state index contributed by atoms with van der Waals surface area (Å²) in [6.07, 6.45) is 1.77. The Morgan fingerprint density at radius 3 is 2.79 bits per heavy atom. The molecule has 1 N–H and O–H groups in total. The topological polar surface area (TPSA) is 58.4 Å². The van der Waals surface area contributed by atoms with E-state index in [1.165, 1.54) is 0 Å². The maximum atomic E-state index is 10.4. The van der Waals surface area contributed by atoms with E-state index in [4.69, 9.17) is 5.11 Å². The number of rotatable bonds is 4. The van der Waals surface area contributed by atoms with E-state index in [0.717, 1.165) is 11.3 Å². The number of carboxylic acids is 1. The van der Waals surface area contributed by atoms with Crippen molar-refractivity contribution in [3.63, 3.8) is 0 Å².